The van der Waals surface area contributed by atoms with E-state index in [2.05, 4.69) is 6.58 Å². The van der Waals surface area contributed by atoms with Crippen molar-refractivity contribution in [1.82, 2.24) is 0 Å². The Hall–Kier alpha value is -3.49. The molecule has 4 rings (SSSR count). The Morgan fingerprint density at radius 1 is 0.958 bits per heavy atom. The zero-order valence-corrected chi connectivity index (χ0v) is 28.9. The highest BCUT2D eigenvalue weighted by Crippen LogP contribution is 2.63. The van der Waals surface area contributed by atoms with Crippen molar-refractivity contribution in [2.24, 2.45) is 23.2 Å². The zero-order valence-electron chi connectivity index (χ0n) is 28.2. The molecule has 0 radical (unpaired) electrons. The van der Waals surface area contributed by atoms with Gasteiger partial charge in [-0.25, -0.2) is 0 Å². The third-order valence-electron chi connectivity index (χ3n) is 9.60. The van der Waals surface area contributed by atoms with Gasteiger partial charge in [-0.15, -0.1) is 11.6 Å². The summed E-state index contributed by atoms with van der Waals surface area (Å²) in [5.74, 6) is -7.94. The molecular formula is C33H43ClO14. The first kappa shape index (κ1) is 37.3. The summed E-state index contributed by atoms with van der Waals surface area (Å²) in [7, 11) is 0. The van der Waals surface area contributed by atoms with Gasteiger partial charge in [-0.05, 0) is 24.5 Å². The van der Waals surface area contributed by atoms with Gasteiger partial charge < -0.3 is 38.3 Å². The van der Waals surface area contributed by atoms with E-state index in [0.29, 0.717) is 0 Å². The van der Waals surface area contributed by atoms with Crippen LogP contribution < -0.4 is 0 Å². The van der Waals surface area contributed by atoms with Gasteiger partial charge in [0.15, 0.2) is 30.0 Å². The molecule has 266 valence electrons. The average Bonchev–Trinajstić information content (AvgIpc) is 3.71. The van der Waals surface area contributed by atoms with Gasteiger partial charge in [0.2, 0.25) is 0 Å². The van der Waals surface area contributed by atoms with Gasteiger partial charge in [0.25, 0.3) is 0 Å². The van der Waals surface area contributed by atoms with Gasteiger partial charge in [0.05, 0.1) is 23.3 Å². The molecule has 15 heteroatoms. The van der Waals surface area contributed by atoms with Crippen molar-refractivity contribution < 1.29 is 67.0 Å². The fourth-order valence-electron chi connectivity index (χ4n) is 7.51. The summed E-state index contributed by atoms with van der Waals surface area (Å²) < 4.78 is 41.3. The molecular weight excluding hydrogens is 656 g/mol. The van der Waals surface area contributed by atoms with Crippen molar-refractivity contribution in [3.8, 4) is 0 Å². The summed E-state index contributed by atoms with van der Waals surface area (Å²) >= 11 is 6.80. The van der Waals surface area contributed by atoms with Crippen molar-refractivity contribution in [3.05, 3.63) is 24.3 Å². The van der Waals surface area contributed by atoms with Gasteiger partial charge in [0, 0.05) is 40.0 Å². The fourth-order valence-corrected chi connectivity index (χ4v) is 7.84. The first-order valence-corrected chi connectivity index (χ1v) is 16.1. The molecule has 1 unspecified atom stereocenters. The highest BCUT2D eigenvalue weighted by molar-refractivity contribution is 6.23. The topological polar surface area (TPSA) is 191 Å². The summed E-state index contributed by atoms with van der Waals surface area (Å²) in [5, 5.41) is 11.5. The minimum absolute atomic E-state index is 0.0624. The van der Waals surface area contributed by atoms with Gasteiger partial charge in [-0.3, -0.25) is 28.8 Å². The molecule has 0 aromatic rings. The monoisotopic (exact) mass is 698 g/mol. The van der Waals surface area contributed by atoms with Crippen molar-refractivity contribution >= 4 is 47.4 Å². The molecule has 0 amide bonds. The number of alkyl halides is 1. The summed E-state index contributed by atoms with van der Waals surface area (Å²) in [6, 6.07) is 0. The van der Waals surface area contributed by atoms with Crippen molar-refractivity contribution in [2.75, 3.05) is 6.61 Å². The van der Waals surface area contributed by atoms with Crippen molar-refractivity contribution in [2.45, 2.75) is 115 Å². The minimum atomic E-state index is -2.42. The van der Waals surface area contributed by atoms with Crippen LogP contribution in [0.5, 0.6) is 0 Å². The molecule has 4 aliphatic rings. The van der Waals surface area contributed by atoms with Crippen LogP contribution in [0, 0.1) is 23.2 Å². The number of esters is 6. The van der Waals surface area contributed by atoms with E-state index in [1.54, 1.807) is 13.8 Å². The lowest BCUT2D eigenvalue weighted by atomic mass is 9.51. The molecule has 12 atom stereocenters. The third kappa shape index (κ3) is 6.46. The van der Waals surface area contributed by atoms with E-state index in [1.807, 2.05) is 0 Å². The fraction of sp³-hybridized carbons (Fsp3) is 0.697. The summed E-state index contributed by atoms with van der Waals surface area (Å²) in [6.07, 6.45) is -6.71. The summed E-state index contributed by atoms with van der Waals surface area (Å²) in [5.41, 5.74) is -5.88. The molecule has 1 saturated carbocycles. The Morgan fingerprint density at radius 2 is 1.50 bits per heavy atom. The second-order valence-corrected chi connectivity index (χ2v) is 14.0. The molecule has 1 spiro atoms. The average molecular weight is 699 g/mol. The van der Waals surface area contributed by atoms with Crippen LogP contribution in [0.1, 0.15) is 61.8 Å². The van der Waals surface area contributed by atoms with E-state index in [9.17, 15) is 33.9 Å². The molecule has 0 aromatic carbocycles. The lowest BCUT2D eigenvalue weighted by molar-refractivity contribution is -0.280. The Bertz CT molecular complexity index is 1400. The predicted octanol–water partition coefficient (Wildman–Crippen LogP) is 2.10. The molecule has 2 heterocycles. The molecule has 0 bridgehead atoms. The number of aliphatic hydroxyl groups is 1. The van der Waals surface area contributed by atoms with E-state index in [-0.39, 0.29) is 24.5 Å². The summed E-state index contributed by atoms with van der Waals surface area (Å²) in [4.78, 5) is 77.7. The van der Waals surface area contributed by atoms with E-state index in [0.717, 1.165) is 27.7 Å². The Balaban J connectivity index is 2.15. The number of hydrogen-bond acceptors (Lipinski definition) is 14. The second-order valence-electron chi connectivity index (χ2n) is 13.6. The van der Waals surface area contributed by atoms with Gasteiger partial charge in [0.1, 0.15) is 17.8 Å². The van der Waals surface area contributed by atoms with E-state index in [1.165, 1.54) is 26.0 Å². The number of rotatable bonds is 7. The minimum Gasteiger partial charge on any atom is -0.459 e. The van der Waals surface area contributed by atoms with Crippen LogP contribution >= 0.6 is 11.6 Å². The van der Waals surface area contributed by atoms with E-state index in [4.69, 9.17) is 44.8 Å². The second kappa shape index (κ2) is 13.4. The van der Waals surface area contributed by atoms with Crippen LogP contribution in [0.2, 0.25) is 0 Å². The number of halogens is 1. The molecule has 3 fully saturated rings. The van der Waals surface area contributed by atoms with Crippen LogP contribution in [-0.4, -0.2) is 101 Å². The normalized spacial score (nSPS) is 40.9. The van der Waals surface area contributed by atoms with E-state index >= 15 is 0 Å². The van der Waals surface area contributed by atoms with Crippen molar-refractivity contribution in [1.29, 1.82) is 0 Å². The lowest BCUT2D eigenvalue weighted by Gasteiger charge is -2.59. The molecule has 48 heavy (non-hydrogen) atoms. The highest BCUT2D eigenvalue weighted by Gasteiger charge is 2.81. The van der Waals surface area contributed by atoms with Crippen LogP contribution in [0.3, 0.4) is 0 Å². The number of epoxide rings is 1. The molecule has 2 aliphatic carbocycles. The molecule has 2 aliphatic heterocycles. The number of ether oxygens (including phenoxy) is 7. The van der Waals surface area contributed by atoms with E-state index < -0.39 is 106 Å². The Morgan fingerprint density at radius 3 is 2.00 bits per heavy atom. The Kier molecular flexibility index (Phi) is 10.4. The van der Waals surface area contributed by atoms with Crippen LogP contribution in [0.4, 0.5) is 0 Å². The van der Waals surface area contributed by atoms with Crippen LogP contribution in [0.15, 0.2) is 24.3 Å². The number of carbonyl (C=O) groups is 6. The van der Waals surface area contributed by atoms with Crippen molar-refractivity contribution in [3.63, 3.8) is 0 Å². The SMILES string of the molecule is C=C1/C=C/[C@H](OC(C)=O)[C@@]2(C)[C@@H](OC(C)=O)[C@@H](OC(C)=O)[C@@H](OC(=O)CC(C)C)[C@]3(CO3)[C@@H]2C(OC(C)=O)[C@]2(O)[C@@H](C)C(=O)O[C@H]2[C@H]1Cl. The predicted molar refractivity (Wildman–Crippen MR) is 164 cm³/mol. The molecule has 1 N–H and O–H groups in total. The van der Waals surface area contributed by atoms with Crippen LogP contribution in [0.25, 0.3) is 0 Å². The first-order valence-electron chi connectivity index (χ1n) is 15.7. The largest absolute Gasteiger partial charge is 0.459 e. The smallest absolute Gasteiger partial charge is 0.312 e. The van der Waals surface area contributed by atoms with Gasteiger partial charge >= 0.3 is 35.8 Å². The third-order valence-corrected chi connectivity index (χ3v) is 10.1. The number of allylic oxidation sites excluding steroid dienone is 1. The van der Waals surface area contributed by atoms with Gasteiger partial charge in [-0.2, -0.15) is 0 Å². The zero-order chi connectivity index (χ0) is 36.1. The number of hydrogen-bond donors (Lipinski definition) is 1. The molecule has 0 aromatic heterocycles. The maximum atomic E-state index is 13.3. The standard InChI is InChI=1S/C33H43ClO14/c1-14(2)12-22(39)47-28-24(44-18(6)36)27(45-19(7)37)31(9)21(43-17(5)35)11-10-15(3)23(34)26-33(41,16(4)30(40)48-26)29(46-20(8)38)25(31)32(28)13-42-32/h10-11,14,16,21,23-29,41H,3,12-13H2,1-2,4-9H3/b11-10+/t16-,21-,23-,24+,25+,26-,27-,28+,29?,31+,32-,33-/m0/s1. The van der Waals surface area contributed by atoms with Gasteiger partial charge in [-0.1, -0.05) is 33.4 Å². The highest BCUT2D eigenvalue weighted by atomic mass is 35.5. The lowest BCUT2D eigenvalue weighted by Crippen LogP contribution is -2.76. The number of fused-ring (bicyclic) bond motifs is 3. The first-order chi connectivity index (χ1) is 22.2. The molecule has 2 saturated heterocycles. The Labute approximate surface area is 283 Å². The maximum Gasteiger partial charge on any atom is 0.312 e. The number of carbonyl (C=O) groups excluding carboxylic acids is 6. The molecule has 14 nitrogen and oxygen atoms in total. The van der Waals surface area contributed by atoms with Crippen LogP contribution in [-0.2, 0) is 61.9 Å². The quantitative estimate of drug-likeness (QED) is 0.176. The maximum absolute atomic E-state index is 13.3. The summed E-state index contributed by atoms with van der Waals surface area (Å²) in [6.45, 7) is 14.6.